The number of sulfonamides is 1. The highest BCUT2D eigenvalue weighted by atomic mass is 32.2. The molecule has 0 aliphatic carbocycles. The van der Waals surface area contributed by atoms with Gasteiger partial charge < -0.3 is 5.32 Å². The number of hydrogen-bond acceptors (Lipinski definition) is 5. The molecule has 1 atom stereocenters. The Morgan fingerprint density at radius 3 is 2.78 bits per heavy atom. The third kappa shape index (κ3) is 4.37. The monoisotopic (exact) mass is 459 g/mol. The number of benzene rings is 2. The number of nitrogens with zero attached hydrogens (tertiary/aromatic N) is 4. The average Bonchev–Trinajstić information content (AvgIpc) is 3.22. The highest BCUT2D eigenvalue weighted by molar-refractivity contribution is 7.89. The van der Waals surface area contributed by atoms with E-state index in [1.165, 1.54) is 16.4 Å². The number of fused-ring (bicyclic) bond motifs is 1. The molecular weight excluding hydrogens is 433 g/mol. The molecular formula is C22H26FN5O3S. The largest absolute Gasteiger partial charge is 0.352 e. The summed E-state index contributed by atoms with van der Waals surface area (Å²) in [7, 11) is -3.79. The molecule has 10 heteroatoms. The number of carbonyl (C=O) groups excluding carboxylic acids is 1. The van der Waals surface area contributed by atoms with Crippen molar-refractivity contribution in [2.24, 2.45) is 5.92 Å². The third-order valence-electron chi connectivity index (χ3n) is 5.74. The van der Waals surface area contributed by atoms with Crippen molar-refractivity contribution in [1.82, 2.24) is 24.6 Å². The maximum Gasteiger partial charge on any atom is 0.243 e. The van der Waals surface area contributed by atoms with Crippen LogP contribution in [0.3, 0.4) is 0 Å². The smallest absolute Gasteiger partial charge is 0.243 e. The molecule has 2 heterocycles. The molecule has 4 rings (SSSR count). The molecule has 32 heavy (non-hydrogen) atoms. The van der Waals surface area contributed by atoms with Crippen LogP contribution in [0, 0.1) is 11.7 Å². The molecule has 0 radical (unpaired) electrons. The van der Waals surface area contributed by atoms with Gasteiger partial charge in [0.2, 0.25) is 15.9 Å². The van der Waals surface area contributed by atoms with E-state index in [0.717, 1.165) is 5.52 Å². The van der Waals surface area contributed by atoms with Crippen LogP contribution in [-0.4, -0.2) is 46.7 Å². The lowest BCUT2D eigenvalue weighted by Gasteiger charge is -2.31. The van der Waals surface area contributed by atoms with E-state index in [9.17, 15) is 17.6 Å². The van der Waals surface area contributed by atoms with Gasteiger partial charge in [0.25, 0.3) is 0 Å². The molecule has 0 spiro atoms. The van der Waals surface area contributed by atoms with E-state index >= 15 is 0 Å². The molecule has 1 fully saturated rings. The third-order valence-corrected chi connectivity index (χ3v) is 7.60. The lowest BCUT2D eigenvalue weighted by molar-refractivity contribution is -0.126. The predicted molar refractivity (Wildman–Crippen MR) is 118 cm³/mol. The second kappa shape index (κ2) is 8.95. The van der Waals surface area contributed by atoms with E-state index in [4.69, 9.17) is 0 Å². The minimum Gasteiger partial charge on any atom is -0.352 e. The Morgan fingerprint density at radius 2 is 2.03 bits per heavy atom. The summed E-state index contributed by atoms with van der Waals surface area (Å²) in [5, 5.41) is 10.9. The normalized spacial score (nSPS) is 17.7. The highest BCUT2D eigenvalue weighted by Crippen LogP contribution is 2.26. The number of rotatable bonds is 6. The molecule has 3 aromatic rings. The van der Waals surface area contributed by atoms with Gasteiger partial charge >= 0.3 is 0 Å². The van der Waals surface area contributed by atoms with Crippen molar-refractivity contribution in [3.05, 3.63) is 53.8 Å². The van der Waals surface area contributed by atoms with Crippen LogP contribution in [0.2, 0.25) is 0 Å². The quantitative estimate of drug-likeness (QED) is 0.611. The van der Waals surface area contributed by atoms with Crippen LogP contribution >= 0.6 is 0 Å². The van der Waals surface area contributed by atoms with Crippen molar-refractivity contribution in [2.45, 2.75) is 44.2 Å². The number of aromatic nitrogens is 3. The number of nitrogens with one attached hydrogen (secondary N) is 1. The van der Waals surface area contributed by atoms with Crippen LogP contribution < -0.4 is 5.32 Å². The van der Waals surface area contributed by atoms with Gasteiger partial charge in [-0.3, -0.25) is 4.79 Å². The minimum absolute atomic E-state index is 0.0664. The molecule has 2 aromatic carbocycles. The average molecular weight is 460 g/mol. The zero-order valence-corrected chi connectivity index (χ0v) is 18.8. The summed E-state index contributed by atoms with van der Waals surface area (Å²) in [6, 6.07) is 11.1. The van der Waals surface area contributed by atoms with Crippen LogP contribution in [-0.2, 0) is 21.4 Å². The van der Waals surface area contributed by atoms with Crippen molar-refractivity contribution in [3.63, 3.8) is 0 Å². The van der Waals surface area contributed by atoms with Crippen LogP contribution in [0.25, 0.3) is 11.0 Å². The van der Waals surface area contributed by atoms with Crippen molar-refractivity contribution in [2.75, 3.05) is 13.1 Å². The maximum atomic E-state index is 13.8. The molecule has 1 unspecified atom stereocenters. The van der Waals surface area contributed by atoms with Crippen LogP contribution in [0.1, 0.15) is 38.3 Å². The lowest BCUT2D eigenvalue weighted by atomic mass is 9.98. The van der Waals surface area contributed by atoms with Crippen LogP contribution in [0.5, 0.6) is 0 Å². The van der Waals surface area contributed by atoms with Crippen LogP contribution in [0.15, 0.2) is 47.4 Å². The summed E-state index contributed by atoms with van der Waals surface area (Å²) in [5.41, 5.74) is 1.67. The van der Waals surface area contributed by atoms with E-state index in [-0.39, 0.29) is 35.8 Å². The molecule has 170 valence electrons. The topological polar surface area (TPSA) is 97.2 Å². The van der Waals surface area contributed by atoms with Gasteiger partial charge in [0, 0.05) is 31.2 Å². The summed E-state index contributed by atoms with van der Waals surface area (Å²) in [6.45, 7) is 4.45. The maximum absolute atomic E-state index is 13.8. The van der Waals surface area contributed by atoms with Gasteiger partial charge in [0.05, 0.1) is 16.3 Å². The van der Waals surface area contributed by atoms with Gasteiger partial charge in [-0.15, -0.1) is 5.10 Å². The lowest BCUT2D eigenvalue weighted by Crippen LogP contribution is -2.45. The number of halogens is 1. The van der Waals surface area contributed by atoms with Crippen molar-refractivity contribution in [1.29, 1.82) is 0 Å². The fourth-order valence-corrected chi connectivity index (χ4v) is 5.50. The first-order valence-electron chi connectivity index (χ1n) is 10.6. The number of amides is 1. The standard InChI is InChI=1S/C22H26FN5O3S/c1-15(2)28-21-10-9-18(12-20(21)25-26-28)32(30,31)27-11-5-7-17(14-27)22(29)24-13-16-6-3-4-8-19(16)23/h3-4,6,8-10,12,15,17H,5,7,11,13-14H2,1-2H3,(H,24,29). The molecule has 0 saturated carbocycles. The second-order valence-electron chi connectivity index (χ2n) is 8.29. The fourth-order valence-electron chi connectivity index (χ4n) is 3.96. The van der Waals surface area contributed by atoms with E-state index in [2.05, 4.69) is 15.6 Å². The zero-order valence-electron chi connectivity index (χ0n) is 18.0. The summed E-state index contributed by atoms with van der Waals surface area (Å²) in [5.74, 6) is -1.15. The number of piperidine rings is 1. The summed E-state index contributed by atoms with van der Waals surface area (Å²) < 4.78 is 43.4. The molecule has 8 nitrogen and oxygen atoms in total. The van der Waals surface area contributed by atoms with Gasteiger partial charge in [0.15, 0.2) is 0 Å². The highest BCUT2D eigenvalue weighted by Gasteiger charge is 2.33. The summed E-state index contributed by atoms with van der Waals surface area (Å²) >= 11 is 0. The number of hydrogen-bond donors (Lipinski definition) is 1. The van der Waals surface area contributed by atoms with Crippen molar-refractivity contribution >= 4 is 27.0 Å². The molecule has 0 bridgehead atoms. The Kier molecular flexibility index (Phi) is 6.25. The van der Waals surface area contributed by atoms with Gasteiger partial charge in [-0.1, -0.05) is 23.4 Å². The van der Waals surface area contributed by atoms with Crippen molar-refractivity contribution in [3.8, 4) is 0 Å². The van der Waals surface area contributed by atoms with E-state index < -0.39 is 15.9 Å². The van der Waals surface area contributed by atoms with Crippen LogP contribution in [0.4, 0.5) is 4.39 Å². The Morgan fingerprint density at radius 1 is 1.25 bits per heavy atom. The first kappa shape index (κ1) is 22.3. The van der Waals surface area contributed by atoms with Gasteiger partial charge in [-0.05, 0) is 51.0 Å². The van der Waals surface area contributed by atoms with E-state index in [1.807, 2.05) is 13.8 Å². The minimum atomic E-state index is -3.79. The molecule has 1 N–H and O–H groups in total. The second-order valence-corrected chi connectivity index (χ2v) is 10.2. The molecule has 1 saturated heterocycles. The molecule has 1 amide bonds. The Bertz CT molecular complexity index is 1240. The van der Waals surface area contributed by atoms with Gasteiger partial charge in [0.1, 0.15) is 11.3 Å². The van der Waals surface area contributed by atoms with Gasteiger partial charge in [-0.2, -0.15) is 4.31 Å². The Hall–Kier alpha value is -2.85. The molecule has 1 aliphatic heterocycles. The van der Waals surface area contributed by atoms with E-state index in [0.29, 0.717) is 30.5 Å². The first-order chi connectivity index (χ1) is 15.3. The molecule has 1 aliphatic rings. The predicted octanol–water partition coefficient (Wildman–Crippen LogP) is 2.87. The molecule has 1 aromatic heterocycles. The fraction of sp³-hybridized carbons (Fsp3) is 0.409. The SMILES string of the molecule is CC(C)n1nnc2cc(S(=O)(=O)N3CCCC(C(=O)NCc4ccccc4F)C3)ccc21. The van der Waals surface area contributed by atoms with Crippen molar-refractivity contribution < 1.29 is 17.6 Å². The Balaban J connectivity index is 1.47. The number of carbonyl (C=O) groups is 1. The Labute approximate surface area is 186 Å². The zero-order chi connectivity index (χ0) is 22.9. The van der Waals surface area contributed by atoms with E-state index in [1.54, 1.807) is 35.0 Å². The first-order valence-corrected chi connectivity index (χ1v) is 12.1. The summed E-state index contributed by atoms with van der Waals surface area (Å²) in [4.78, 5) is 12.8. The summed E-state index contributed by atoms with van der Waals surface area (Å²) in [6.07, 6.45) is 1.15. The van der Waals surface area contributed by atoms with Gasteiger partial charge in [-0.25, -0.2) is 17.5 Å².